The minimum Gasteiger partial charge on any atom is -0.472 e. The number of hydrogen-bond donors (Lipinski definition) is 1. The molecule has 2 heterocycles. The van der Waals surface area contributed by atoms with Gasteiger partial charge in [-0.15, -0.1) is 0 Å². The van der Waals surface area contributed by atoms with Gasteiger partial charge in [0.25, 0.3) is 0 Å². The highest BCUT2D eigenvalue weighted by molar-refractivity contribution is 5.81. The third-order valence-electron chi connectivity index (χ3n) is 3.82. The van der Waals surface area contributed by atoms with Crippen LogP contribution in [0.3, 0.4) is 0 Å². The smallest absolute Gasteiger partial charge is 0.0950 e. The summed E-state index contributed by atoms with van der Waals surface area (Å²) in [6, 6.07) is 10.6. The summed E-state index contributed by atoms with van der Waals surface area (Å²) in [5.41, 5.74) is 3.48. The van der Waals surface area contributed by atoms with Gasteiger partial charge < -0.3 is 9.73 Å². The van der Waals surface area contributed by atoms with E-state index in [9.17, 15) is 0 Å². The lowest BCUT2D eigenvalue weighted by Gasteiger charge is -2.16. The van der Waals surface area contributed by atoms with Crippen LogP contribution in [-0.4, -0.2) is 16.3 Å². The molecule has 1 N–H and O–H groups in total. The third-order valence-corrected chi connectivity index (χ3v) is 3.82. The standard InChI is InChI=1S/C17H21N3O/c1-3-9-18-15(13-8-10-21-12-13)11-16-14-6-4-5-7-17(14)20(2)19-16/h4-8,10,12,15,18H,3,9,11H2,1-2H3. The summed E-state index contributed by atoms with van der Waals surface area (Å²) in [7, 11) is 2.00. The number of furan rings is 1. The van der Waals surface area contributed by atoms with E-state index in [1.807, 2.05) is 24.1 Å². The van der Waals surface area contributed by atoms with Crippen LogP contribution < -0.4 is 5.32 Å². The second kappa shape index (κ2) is 6.14. The number of aromatic nitrogens is 2. The van der Waals surface area contributed by atoms with Crippen LogP contribution in [0.25, 0.3) is 10.9 Å². The van der Waals surface area contributed by atoms with Crippen LogP contribution >= 0.6 is 0 Å². The van der Waals surface area contributed by atoms with Crippen molar-refractivity contribution in [3.8, 4) is 0 Å². The molecule has 4 heteroatoms. The van der Waals surface area contributed by atoms with Crippen molar-refractivity contribution in [1.29, 1.82) is 0 Å². The summed E-state index contributed by atoms with van der Waals surface area (Å²) in [5.74, 6) is 0. The predicted molar refractivity (Wildman–Crippen MR) is 84.2 cm³/mol. The van der Waals surface area contributed by atoms with E-state index in [4.69, 9.17) is 9.52 Å². The van der Waals surface area contributed by atoms with Crippen LogP contribution in [0, 0.1) is 0 Å². The fourth-order valence-electron chi connectivity index (χ4n) is 2.73. The van der Waals surface area contributed by atoms with Crippen LogP contribution in [0.1, 0.15) is 30.6 Å². The molecule has 0 aliphatic rings. The zero-order chi connectivity index (χ0) is 14.7. The van der Waals surface area contributed by atoms with E-state index in [-0.39, 0.29) is 6.04 Å². The maximum absolute atomic E-state index is 5.24. The molecule has 0 spiro atoms. The van der Waals surface area contributed by atoms with E-state index in [0.29, 0.717) is 0 Å². The number of nitrogens with zero attached hydrogens (tertiary/aromatic N) is 2. The Balaban J connectivity index is 1.90. The number of nitrogens with one attached hydrogen (secondary N) is 1. The predicted octanol–water partition coefficient (Wildman–Crippen LogP) is 3.45. The molecule has 4 nitrogen and oxygen atoms in total. The van der Waals surface area contributed by atoms with Gasteiger partial charge in [0.15, 0.2) is 0 Å². The molecule has 1 aromatic carbocycles. The van der Waals surface area contributed by atoms with Crippen molar-refractivity contribution < 1.29 is 4.42 Å². The molecule has 0 amide bonds. The van der Waals surface area contributed by atoms with Crippen LogP contribution in [0.15, 0.2) is 47.3 Å². The molecular weight excluding hydrogens is 262 g/mol. The molecule has 21 heavy (non-hydrogen) atoms. The highest BCUT2D eigenvalue weighted by Gasteiger charge is 2.17. The van der Waals surface area contributed by atoms with Crippen molar-refractivity contribution in [3.05, 3.63) is 54.1 Å². The Morgan fingerprint density at radius 1 is 1.29 bits per heavy atom. The zero-order valence-electron chi connectivity index (χ0n) is 12.5. The molecule has 0 aliphatic heterocycles. The van der Waals surface area contributed by atoms with E-state index in [2.05, 4.69) is 36.5 Å². The van der Waals surface area contributed by atoms with E-state index in [1.54, 1.807) is 6.26 Å². The number of para-hydroxylation sites is 1. The van der Waals surface area contributed by atoms with E-state index < -0.39 is 0 Å². The largest absolute Gasteiger partial charge is 0.472 e. The molecule has 0 aliphatic carbocycles. The molecule has 3 rings (SSSR count). The van der Waals surface area contributed by atoms with Crippen LogP contribution in [0.2, 0.25) is 0 Å². The van der Waals surface area contributed by atoms with Crippen LogP contribution in [0.4, 0.5) is 0 Å². The molecule has 0 bridgehead atoms. The molecule has 1 atom stereocenters. The summed E-state index contributed by atoms with van der Waals surface area (Å²) in [4.78, 5) is 0. The Morgan fingerprint density at radius 2 is 2.14 bits per heavy atom. The molecular formula is C17H21N3O. The first-order valence-electron chi connectivity index (χ1n) is 7.45. The van der Waals surface area contributed by atoms with E-state index in [1.165, 1.54) is 16.5 Å². The van der Waals surface area contributed by atoms with Crippen molar-refractivity contribution in [2.45, 2.75) is 25.8 Å². The molecule has 110 valence electrons. The number of aryl methyl sites for hydroxylation is 1. The van der Waals surface area contributed by atoms with Crippen molar-refractivity contribution in [2.24, 2.45) is 7.05 Å². The summed E-state index contributed by atoms with van der Waals surface area (Å²) in [5, 5.41) is 9.51. The molecule has 0 saturated carbocycles. The van der Waals surface area contributed by atoms with Crippen molar-refractivity contribution in [1.82, 2.24) is 15.1 Å². The lowest BCUT2D eigenvalue weighted by atomic mass is 10.0. The second-order valence-corrected chi connectivity index (χ2v) is 5.35. The average Bonchev–Trinajstić information content (AvgIpc) is 3.13. The van der Waals surface area contributed by atoms with Crippen molar-refractivity contribution >= 4 is 10.9 Å². The molecule has 0 fully saturated rings. The van der Waals surface area contributed by atoms with Crippen molar-refractivity contribution in [3.63, 3.8) is 0 Å². The fraction of sp³-hybridized carbons (Fsp3) is 0.353. The summed E-state index contributed by atoms with van der Waals surface area (Å²) < 4.78 is 7.20. The lowest BCUT2D eigenvalue weighted by Crippen LogP contribution is -2.24. The maximum atomic E-state index is 5.24. The highest BCUT2D eigenvalue weighted by Crippen LogP contribution is 2.24. The number of rotatable bonds is 6. The maximum Gasteiger partial charge on any atom is 0.0950 e. The van der Waals surface area contributed by atoms with Gasteiger partial charge >= 0.3 is 0 Å². The number of fused-ring (bicyclic) bond motifs is 1. The minimum atomic E-state index is 0.238. The monoisotopic (exact) mass is 283 g/mol. The van der Waals surface area contributed by atoms with Gasteiger partial charge in [0.1, 0.15) is 0 Å². The molecule has 0 saturated heterocycles. The third kappa shape index (κ3) is 2.85. The van der Waals surface area contributed by atoms with E-state index >= 15 is 0 Å². The topological polar surface area (TPSA) is 43.0 Å². The quantitative estimate of drug-likeness (QED) is 0.753. The summed E-state index contributed by atoms with van der Waals surface area (Å²) in [6.45, 7) is 3.16. The summed E-state index contributed by atoms with van der Waals surface area (Å²) in [6.07, 6.45) is 5.52. The molecule has 0 radical (unpaired) electrons. The molecule has 3 aromatic rings. The van der Waals surface area contributed by atoms with Crippen LogP contribution in [0.5, 0.6) is 0 Å². The zero-order valence-corrected chi connectivity index (χ0v) is 12.5. The highest BCUT2D eigenvalue weighted by atomic mass is 16.3. The molecule has 1 unspecified atom stereocenters. The SMILES string of the molecule is CCCNC(Cc1nn(C)c2ccccc12)c1ccoc1. The minimum absolute atomic E-state index is 0.238. The first-order chi connectivity index (χ1) is 10.3. The van der Waals surface area contributed by atoms with E-state index in [0.717, 1.165) is 25.1 Å². The van der Waals surface area contributed by atoms with Gasteiger partial charge in [-0.05, 0) is 25.1 Å². The Labute approximate surface area is 124 Å². The van der Waals surface area contributed by atoms with Gasteiger partial charge in [0, 0.05) is 30.5 Å². The van der Waals surface area contributed by atoms with Crippen molar-refractivity contribution in [2.75, 3.05) is 6.54 Å². The van der Waals surface area contributed by atoms with Gasteiger partial charge in [0.2, 0.25) is 0 Å². The van der Waals surface area contributed by atoms with Gasteiger partial charge in [-0.25, -0.2) is 0 Å². The average molecular weight is 283 g/mol. The Morgan fingerprint density at radius 3 is 2.90 bits per heavy atom. The van der Waals surface area contributed by atoms with Gasteiger partial charge in [0.05, 0.1) is 23.7 Å². The van der Waals surface area contributed by atoms with Crippen LogP contribution in [-0.2, 0) is 13.5 Å². The van der Waals surface area contributed by atoms with Gasteiger partial charge in [-0.1, -0.05) is 25.1 Å². The number of benzene rings is 1. The molecule has 2 aromatic heterocycles. The first-order valence-corrected chi connectivity index (χ1v) is 7.45. The first kappa shape index (κ1) is 13.9. The fourth-order valence-corrected chi connectivity index (χ4v) is 2.73. The lowest BCUT2D eigenvalue weighted by molar-refractivity contribution is 0.507. The number of hydrogen-bond acceptors (Lipinski definition) is 3. The van der Waals surface area contributed by atoms with Gasteiger partial charge in [-0.2, -0.15) is 5.10 Å². The summed E-state index contributed by atoms with van der Waals surface area (Å²) >= 11 is 0. The Hall–Kier alpha value is -2.07. The Kier molecular flexibility index (Phi) is 4.06. The normalized spacial score (nSPS) is 12.9. The van der Waals surface area contributed by atoms with Gasteiger partial charge in [-0.3, -0.25) is 4.68 Å². The second-order valence-electron chi connectivity index (χ2n) is 5.35. The Bertz CT molecular complexity index is 700.